The van der Waals surface area contributed by atoms with Gasteiger partial charge in [-0.05, 0) is 0 Å². The lowest BCUT2D eigenvalue weighted by molar-refractivity contribution is -0.106. The molecule has 0 radical (unpaired) electrons. The quantitative estimate of drug-likeness (QED) is 0.205. The SMILES string of the molecule is CN(N)/C(C=O)=C\N. The van der Waals surface area contributed by atoms with Crippen LogP contribution in [0.4, 0.5) is 0 Å². The number of aldehydes is 1. The lowest BCUT2D eigenvalue weighted by Crippen LogP contribution is -2.26. The maximum absolute atomic E-state index is 9.91. The largest absolute Gasteiger partial charge is 0.403 e. The Morgan fingerprint density at radius 2 is 2.25 bits per heavy atom. The molecule has 0 aromatic rings. The summed E-state index contributed by atoms with van der Waals surface area (Å²) in [6.45, 7) is 0. The van der Waals surface area contributed by atoms with Gasteiger partial charge >= 0.3 is 0 Å². The van der Waals surface area contributed by atoms with Gasteiger partial charge in [-0.25, -0.2) is 5.84 Å². The van der Waals surface area contributed by atoms with E-state index in [4.69, 9.17) is 11.6 Å². The Balaban J connectivity index is 3.91. The average molecular weight is 115 g/mol. The summed E-state index contributed by atoms with van der Waals surface area (Å²) < 4.78 is 0. The maximum Gasteiger partial charge on any atom is 0.168 e. The van der Waals surface area contributed by atoms with E-state index in [2.05, 4.69) is 0 Å². The van der Waals surface area contributed by atoms with Crippen molar-refractivity contribution >= 4 is 6.29 Å². The van der Waals surface area contributed by atoms with Crippen LogP contribution in [0.25, 0.3) is 0 Å². The van der Waals surface area contributed by atoms with Crippen LogP contribution in [0, 0.1) is 0 Å². The smallest absolute Gasteiger partial charge is 0.168 e. The Bertz CT molecular complexity index is 108. The zero-order chi connectivity index (χ0) is 6.57. The van der Waals surface area contributed by atoms with E-state index in [-0.39, 0.29) is 5.70 Å². The van der Waals surface area contributed by atoms with Crippen LogP contribution in [0.2, 0.25) is 0 Å². The zero-order valence-electron chi connectivity index (χ0n) is 4.66. The lowest BCUT2D eigenvalue weighted by Gasteiger charge is -2.08. The first-order valence-electron chi connectivity index (χ1n) is 2.08. The van der Waals surface area contributed by atoms with E-state index in [0.29, 0.717) is 6.29 Å². The molecule has 0 amide bonds. The number of nitrogens with two attached hydrogens (primary N) is 2. The van der Waals surface area contributed by atoms with Crippen molar-refractivity contribution in [3.8, 4) is 0 Å². The van der Waals surface area contributed by atoms with Gasteiger partial charge in [0.2, 0.25) is 0 Å². The monoisotopic (exact) mass is 115 g/mol. The molecule has 0 saturated heterocycles. The third kappa shape index (κ3) is 1.61. The van der Waals surface area contributed by atoms with Gasteiger partial charge in [0.1, 0.15) is 5.70 Å². The summed E-state index contributed by atoms with van der Waals surface area (Å²) in [4.78, 5) is 9.91. The predicted molar refractivity (Wildman–Crippen MR) is 30.3 cm³/mol. The molecule has 0 heterocycles. The number of likely N-dealkylation sites (N-methyl/N-ethyl adjacent to an activating group) is 1. The van der Waals surface area contributed by atoms with Crippen LogP contribution in [-0.4, -0.2) is 18.3 Å². The Morgan fingerprint density at radius 1 is 1.75 bits per heavy atom. The summed E-state index contributed by atoms with van der Waals surface area (Å²) in [5.41, 5.74) is 5.24. The van der Waals surface area contributed by atoms with Crippen LogP contribution >= 0.6 is 0 Å². The van der Waals surface area contributed by atoms with Crippen LogP contribution < -0.4 is 11.6 Å². The van der Waals surface area contributed by atoms with Crippen molar-refractivity contribution in [2.45, 2.75) is 0 Å². The molecular weight excluding hydrogens is 106 g/mol. The summed E-state index contributed by atoms with van der Waals surface area (Å²) >= 11 is 0. The number of hydrogen-bond acceptors (Lipinski definition) is 4. The minimum atomic E-state index is 0.269. The second-order valence-corrected chi connectivity index (χ2v) is 1.32. The molecule has 0 aromatic heterocycles. The molecule has 46 valence electrons. The van der Waals surface area contributed by atoms with E-state index in [1.807, 2.05) is 0 Å². The fourth-order valence-electron chi connectivity index (χ4n) is 0.240. The van der Waals surface area contributed by atoms with E-state index >= 15 is 0 Å². The normalized spacial score (nSPS) is 11.0. The summed E-state index contributed by atoms with van der Waals surface area (Å²) in [5.74, 6) is 5.11. The maximum atomic E-state index is 9.91. The molecule has 0 aromatic carbocycles. The second kappa shape index (κ2) is 3.04. The number of hydrogen-bond donors (Lipinski definition) is 2. The molecule has 0 fully saturated rings. The van der Waals surface area contributed by atoms with Crippen LogP contribution in [0.1, 0.15) is 0 Å². The molecular formula is C4H9N3O. The molecule has 0 rings (SSSR count). The van der Waals surface area contributed by atoms with Crippen molar-refractivity contribution in [1.29, 1.82) is 0 Å². The molecule has 0 saturated carbocycles. The van der Waals surface area contributed by atoms with Crippen molar-refractivity contribution in [2.24, 2.45) is 11.6 Å². The van der Waals surface area contributed by atoms with Gasteiger partial charge in [0, 0.05) is 13.2 Å². The third-order valence-electron chi connectivity index (χ3n) is 0.699. The number of allylic oxidation sites excluding steroid dienone is 1. The van der Waals surface area contributed by atoms with E-state index < -0.39 is 0 Å². The Kier molecular flexibility index (Phi) is 2.64. The summed E-state index contributed by atoms with van der Waals surface area (Å²) in [7, 11) is 1.53. The van der Waals surface area contributed by atoms with Gasteiger partial charge in [0.05, 0.1) is 0 Å². The molecule has 0 aliphatic rings. The highest BCUT2D eigenvalue weighted by atomic mass is 16.1. The first-order chi connectivity index (χ1) is 3.72. The van der Waals surface area contributed by atoms with Crippen LogP contribution in [0.3, 0.4) is 0 Å². The number of rotatable bonds is 2. The van der Waals surface area contributed by atoms with Gasteiger partial charge in [-0.2, -0.15) is 0 Å². The van der Waals surface area contributed by atoms with Gasteiger partial charge < -0.3 is 10.7 Å². The van der Waals surface area contributed by atoms with Crippen LogP contribution in [0.15, 0.2) is 11.9 Å². The van der Waals surface area contributed by atoms with Gasteiger partial charge in [-0.3, -0.25) is 4.79 Å². The van der Waals surface area contributed by atoms with Crippen molar-refractivity contribution in [1.82, 2.24) is 5.01 Å². The number of nitrogens with zero attached hydrogens (tertiary/aromatic N) is 1. The minimum absolute atomic E-state index is 0.269. The molecule has 0 aliphatic heterocycles. The van der Waals surface area contributed by atoms with E-state index in [1.165, 1.54) is 7.05 Å². The summed E-state index contributed by atoms with van der Waals surface area (Å²) in [6, 6.07) is 0. The van der Waals surface area contributed by atoms with Crippen molar-refractivity contribution in [2.75, 3.05) is 7.05 Å². The fraction of sp³-hybridized carbons (Fsp3) is 0.250. The highest BCUT2D eigenvalue weighted by molar-refractivity contribution is 5.71. The highest BCUT2D eigenvalue weighted by Gasteiger charge is 1.92. The molecule has 4 N–H and O–H groups in total. The van der Waals surface area contributed by atoms with Crippen molar-refractivity contribution < 1.29 is 4.79 Å². The molecule has 0 spiro atoms. The number of carbonyl (C=O) groups is 1. The molecule has 8 heavy (non-hydrogen) atoms. The fourth-order valence-corrected chi connectivity index (χ4v) is 0.240. The summed E-state index contributed by atoms with van der Waals surface area (Å²) in [5, 5.41) is 1.15. The Hall–Kier alpha value is -1.03. The predicted octanol–water partition coefficient (Wildman–Crippen LogP) is -1.21. The highest BCUT2D eigenvalue weighted by Crippen LogP contribution is 1.84. The van der Waals surface area contributed by atoms with Crippen LogP contribution in [0.5, 0.6) is 0 Å². The van der Waals surface area contributed by atoms with Crippen molar-refractivity contribution in [3.05, 3.63) is 11.9 Å². The van der Waals surface area contributed by atoms with Gasteiger partial charge in [-0.1, -0.05) is 0 Å². The van der Waals surface area contributed by atoms with E-state index in [1.54, 1.807) is 0 Å². The molecule has 0 unspecified atom stereocenters. The lowest BCUT2D eigenvalue weighted by atomic mass is 10.5. The first kappa shape index (κ1) is 6.97. The van der Waals surface area contributed by atoms with E-state index in [9.17, 15) is 4.79 Å². The third-order valence-corrected chi connectivity index (χ3v) is 0.699. The first-order valence-corrected chi connectivity index (χ1v) is 2.08. The van der Waals surface area contributed by atoms with Gasteiger partial charge in [-0.15, -0.1) is 0 Å². The topological polar surface area (TPSA) is 72.3 Å². The molecule has 4 nitrogen and oxygen atoms in total. The molecule has 0 bridgehead atoms. The minimum Gasteiger partial charge on any atom is -0.403 e. The zero-order valence-corrected chi connectivity index (χ0v) is 4.66. The summed E-state index contributed by atoms with van der Waals surface area (Å²) in [6.07, 6.45) is 1.73. The molecule has 4 heteroatoms. The van der Waals surface area contributed by atoms with Crippen LogP contribution in [-0.2, 0) is 4.79 Å². The van der Waals surface area contributed by atoms with Crippen molar-refractivity contribution in [3.63, 3.8) is 0 Å². The Labute approximate surface area is 47.7 Å². The number of hydrazine groups is 1. The number of carbonyl (C=O) groups excluding carboxylic acids is 1. The second-order valence-electron chi connectivity index (χ2n) is 1.32. The molecule has 0 atom stereocenters. The average Bonchev–Trinajstić information content (AvgIpc) is 1.69. The standard InChI is InChI=1S/C4H9N3O/c1-7(6)4(2-5)3-8/h2-3H,5-6H2,1H3/b4-2-. The molecule has 0 aliphatic carbocycles. The van der Waals surface area contributed by atoms with Gasteiger partial charge in [0.25, 0.3) is 0 Å². The Morgan fingerprint density at radius 3 is 2.25 bits per heavy atom. The van der Waals surface area contributed by atoms with E-state index in [0.717, 1.165) is 11.2 Å². The van der Waals surface area contributed by atoms with Gasteiger partial charge in [0.15, 0.2) is 6.29 Å².